The lowest BCUT2D eigenvalue weighted by molar-refractivity contribution is -0.117. The van der Waals surface area contributed by atoms with Gasteiger partial charge in [0.25, 0.3) is 5.91 Å². The first kappa shape index (κ1) is 20.5. The van der Waals surface area contributed by atoms with E-state index in [9.17, 15) is 14.4 Å². The Bertz CT molecular complexity index is 861. The first-order valence-electron chi connectivity index (χ1n) is 9.71. The Labute approximate surface area is 170 Å². The molecule has 0 spiro atoms. The van der Waals surface area contributed by atoms with Crippen LogP contribution in [0, 0.1) is 0 Å². The molecule has 2 aromatic rings. The molecule has 1 fully saturated rings. The Morgan fingerprint density at radius 2 is 1.59 bits per heavy atom. The van der Waals surface area contributed by atoms with E-state index >= 15 is 0 Å². The molecule has 1 heterocycles. The molecule has 3 rings (SSSR count). The van der Waals surface area contributed by atoms with Gasteiger partial charge in [0.15, 0.2) is 0 Å². The second kappa shape index (κ2) is 9.84. The first-order chi connectivity index (χ1) is 14.1. The van der Waals surface area contributed by atoms with Crippen molar-refractivity contribution in [2.45, 2.75) is 6.92 Å². The van der Waals surface area contributed by atoms with Crippen molar-refractivity contribution in [3.05, 3.63) is 65.7 Å². The van der Waals surface area contributed by atoms with Gasteiger partial charge in [0.1, 0.15) is 0 Å². The average molecular weight is 395 g/mol. The Hall–Kier alpha value is -3.19. The molecule has 0 saturated carbocycles. The van der Waals surface area contributed by atoms with Crippen molar-refractivity contribution in [3.63, 3.8) is 0 Å². The van der Waals surface area contributed by atoms with Gasteiger partial charge in [0.2, 0.25) is 5.91 Å². The van der Waals surface area contributed by atoms with Crippen LogP contribution in [0.25, 0.3) is 0 Å². The third-order valence-electron chi connectivity index (χ3n) is 4.74. The summed E-state index contributed by atoms with van der Waals surface area (Å²) in [4.78, 5) is 40.8. The van der Waals surface area contributed by atoms with Crippen molar-refractivity contribution < 1.29 is 19.1 Å². The molecule has 152 valence electrons. The summed E-state index contributed by atoms with van der Waals surface area (Å²) in [5.74, 6) is -0.654. The van der Waals surface area contributed by atoms with E-state index in [1.165, 1.54) is 0 Å². The highest BCUT2D eigenvalue weighted by Crippen LogP contribution is 2.16. The Kier molecular flexibility index (Phi) is 6.97. The van der Waals surface area contributed by atoms with Crippen LogP contribution in [0.1, 0.15) is 27.6 Å². The van der Waals surface area contributed by atoms with E-state index in [1.807, 2.05) is 35.2 Å². The van der Waals surface area contributed by atoms with Crippen LogP contribution in [-0.2, 0) is 9.53 Å². The van der Waals surface area contributed by atoms with E-state index in [0.717, 1.165) is 0 Å². The number of anilines is 1. The molecular formula is C22H25N3O4. The lowest BCUT2D eigenvalue weighted by Crippen LogP contribution is -2.50. The molecule has 1 aliphatic rings. The fraction of sp³-hybridized carbons (Fsp3) is 0.318. The van der Waals surface area contributed by atoms with Gasteiger partial charge in [0, 0.05) is 31.7 Å². The van der Waals surface area contributed by atoms with Crippen molar-refractivity contribution in [2.24, 2.45) is 0 Å². The number of rotatable bonds is 6. The van der Waals surface area contributed by atoms with Crippen molar-refractivity contribution in [3.8, 4) is 0 Å². The number of para-hydroxylation sites is 1. The number of amides is 2. The summed E-state index contributed by atoms with van der Waals surface area (Å²) in [6.07, 6.45) is 0. The van der Waals surface area contributed by atoms with Gasteiger partial charge in [-0.1, -0.05) is 30.3 Å². The van der Waals surface area contributed by atoms with Crippen LogP contribution in [0.15, 0.2) is 54.6 Å². The molecule has 7 heteroatoms. The minimum atomic E-state index is -0.462. The number of nitrogens with one attached hydrogen (secondary N) is 1. The zero-order valence-corrected chi connectivity index (χ0v) is 16.5. The topological polar surface area (TPSA) is 79.0 Å². The summed E-state index contributed by atoms with van der Waals surface area (Å²) >= 11 is 0. The fourth-order valence-corrected chi connectivity index (χ4v) is 3.24. The van der Waals surface area contributed by atoms with Crippen molar-refractivity contribution in [1.29, 1.82) is 0 Å². The molecule has 0 aromatic heterocycles. The van der Waals surface area contributed by atoms with Gasteiger partial charge in [-0.25, -0.2) is 4.79 Å². The normalized spacial score (nSPS) is 14.3. The molecule has 0 aliphatic carbocycles. The summed E-state index contributed by atoms with van der Waals surface area (Å²) in [6.45, 7) is 4.58. The minimum absolute atomic E-state index is 0.0121. The number of nitrogens with zero attached hydrogens (tertiary/aromatic N) is 2. The summed E-state index contributed by atoms with van der Waals surface area (Å²) in [7, 11) is 0. The highest BCUT2D eigenvalue weighted by atomic mass is 16.5. The lowest BCUT2D eigenvalue weighted by Gasteiger charge is -2.34. The lowest BCUT2D eigenvalue weighted by atomic mass is 10.1. The molecule has 0 bridgehead atoms. The van der Waals surface area contributed by atoms with Gasteiger partial charge in [-0.05, 0) is 31.2 Å². The third-order valence-corrected chi connectivity index (χ3v) is 4.74. The number of benzene rings is 2. The maximum atomic E-state index is 12.5. The van der Waals surface area contributed by atoms with Crippen LogP contribution >= 0.6 is 0 Å². The van der Waals surface area contributed by atoms with Gasteiger partial charge in [-0.3, -0.25) is 14.5 Å². The van der Waals surface area contributed by atoms with E-state index in [0.29, 0.717) is 43.0 Å². The second-order valence-corrected chi connectivity index (χ2v) is 6.75. The molecule has 1 aliphatic heterocycles. The monoisotopic (exact) mass is 395 g/mol. The Morgan fingerprint density at radius 1 is 0.931 bits per heavy atom. The van der Waals surface area contributed by atoms with E-state index < -0.39 is 5.97 Å². The SMILES string of the molecule is CCOC(=O)c1ccccc1NC(=O)CN1CCN(C(=O)c2ccccc2)CC1. The standard InChI is InChI=1S/C22H25N3O4/c1-2-29-22(28)18-10-6-7-11-19(18)23-20(26)16-24-12-14-25(15-13-24)21(27)17-8-4-3-5-9-17/h3-11H,2,12-16H2,1H3,(H,23,26). The van der Waals surface area contributed by atoms with E-state index in [4.69, 9.17) is 4.74 Å². The number of piperazine rings is 1. The van der Waals surface area contributed by atoms with Crippen LogP contribution in [-0.4, -0.2) is 66.9 Å². The van der Waals surface area contributed by atoms with Gasteiger partial charge in [0.05, 0.1) is 24.4 Å². The quantitative estimate of drug-likeness (QED) is 0.759. The van der Waals surface area contributed by atoms with Crippen LogP contribution in [0.2, 0.25) is 0 Å². The van der Waals surface area contributed by atoms with Crippen molar-refractivity contribution in [2.75, 3.05) is 44.6 Å². The highest BCUT2D eigenvalue weighted by Gasteiger charge is 2.23. The molecule has 0 unspecified atom stereocenters. The minimum Gasteiger partial charge on any atom is -0.462 e. The summed E-state index contributed by atoms with van der Waals surface area (Å²) in [5.41, 5.74) is 1.45. The second-order valence-electron chi connectivity index (χ2n) is 6.75. The predicted octanol–water partition coefficient (Wildman–Crippen LogP) is 2.26. The van der Waals surface area contributed by atoms with Gasteiger partial charge in [-0.2, -0.15) is 0 Å². The smallest absolute Gasteiger partial charge is 0.340 e. The van der Waals surface area contributed by atoms with Crippen LogP contribution in [0.4, 0.5) is 5.69 Å². The largest absolute Gasteiger partial charge is 0.462 e. The average Bonchev–Trinajstić information content (AvgIpc) is 2.75. The molecule has 2 amide bonds. The molecule has 2 aromatic carbocycles. The van der Waals surface area contributed by atoms with Gasteiger partial charge in [-0.15, -0.1) is 0 Å². The number of carbonyl (C=O) groups excluding carboxylic acids is 3. The van der Waals surface area contributed by atoms with Crippen LogP contribution in [0.5, 0.6) is 0 Å². The molecule has 0 radical (unpaired) electrons. The zero-order chi connectivity index (χ0) is 20.6. The van der Waals surface area contributed by atoms with E-state index in [2.05, 4.69) is 5.32 Å². The van der Waals surface area contributed by atoms with Crippen LogP contribution in [0.3, 0.4) is 0 Å². The Morgan fingerprint density at radius 3 is 2.28 bits per heavy atom. The number of carbonyl (C=O) groups is 3. The number of ether oxygens (including phenoxy) is 1. The molecule has 29 heavy (non-hydrogen) atoms. The van der Waals surface area contributed by atoms with E-state index in [1.54, 1.807) is 36.1 Å². The predicted molar refractivity (Wildman–Crippen MR) is 110 cm³/mol. The number of hydrogen-bond acceptors (Lipinski definition) is 5. The van der Waals surface area contributed by atoms with E-state index in [-0.39, 0.29) is 25.0 Å². The molecule has 1 saturated heterocycles. The van der Waals surface area contributed by atoms with Gasteiger partial charge < -0.3 is 15.0 Å². The molecular weight excluding hydrogens is 370 g/mol. The maximum absolute atomic E-state index is 12.5. The zero-order valence-electron chi connectivity index (χ0n) is 16.5. The molecule has 0 atom stereocenters. The van der Waals surface area contributed by atoms with Gasteiger partial charge >= 0.3 is 5.97 Å². The number of esters is 1. The highest BCUT2D eigenvalue weighted by molar-refractivity contribution is 6.01. The fourth-order valence-electron chi connectivity index (χ4n) is 3.24. The molecule has 7 nitrogen and oxygen atoms in total. The number of hydrogen-bond donors (Lipinski definition) is 1. The van der Waals surface area contributed by atoms with Crippen LogP contribution < -0.4 is 5.32 Å². The first-order valence-corrected chi connectivity index (χ1v) is 9.71. The molecule has 1 N–H and O–H groups in total. The van der Waals surface area contributed by atoms with Crippen molar-refractivity contribution in [1.82, 2.24) is 9.80 Å². The Balaban J connectivity index is 1.52. The summed E-state index contributed by atoms with van der Waals surface area (Å²) < 4.78 is 5.03. The van der Waals surface area contributed by atoms with Crippen molar-refractivity contribution >= 4 is 23.5 Å². The maximum Gasteiger partial charge on any atom is 0.340 e. The summed E-state index contributed by atoms with van der Waals surface area (Å²) in [5, 5.41) is 2.79. The summed E-state index contributed by atoms with van der Waals surface area (Å²) in [6, 6.07) is 16.0. The third kappa shape index (κ3) is 5.42.